The summed E-state index contributed by atoms with van der Waals surface area (Å²) in [4.78, 5) is 32.8. The van der Waals surface area contributed by atoms with Crippen molar-refractivity contribution in [3.63, 3.8) is 0 Å². The monoisotopic (exact) mass is 439 g/mol. The summed E-state index contributed by atoms with van der Waals surface area (Å²) in [6.07, 6.45) is 1.85. The molecule has 162 valence electrons. The Labute approximate surface area is 187 Å². The smallest absolute Gasteiger partial charge is 0.282 e. The van der Waals surface area contributed by atoms with E-state index in [1.54, 1.807) is 37.4 Å². The molecule has 0 atom stereocenters. The molecule has 0 radical (unpaired) electrons. The Hall–Kier alpha value is -2.83. The quantitative estimate of drug-likeness (QED) is 0.665. The second-order valence-corrected chi connectivity index (χ2v) is 8.43. The van der Waals surface area contributed by atoms with E-state index in [-0.39, 0.29) is 17.9 Å². The van der Waals surface area contributed by atoms with Crippen molar-refractivity contribution in [2.75, 3.05) is 39.2 Å². The summed E-state index contributed by atoms with van der Waals surface area (Å²) in [5, 5.41) is 0.467. The number of methoxy groups -OCH3 is 1. The zero-order valence-electron chi connectivity index (χ0n) is 18.0. The zero-order chi connectivity index (χ0) is 22.1. The third-order valence-corrected chi connectivity index (χ3v) is 6.33. The van der Waals surface area contributed by atoms with Gasteiger partial charge in [0.2, 0.25) is 0 Å². The molecule has 0 aromatic heterocycles. The third-order valence-electron chi connectivity index (χ3n) is 6.09. The molecule has 31 heavy (non-hydrogen) atoms. The van der Waals surface area contributed by atoms with Crippen LogP contribution in [0.25, 0.3) is 5.57 Å². The van der Waals surface area contributed by atoms with Crippen LogP contribution in [0, 0.1) is 0 Å². The molecule has 0 bridgehead atoms. The first-order chi connectivity index (χ1) is 14.9. The van der Waals surface area contributed by atoms with E-state index in [4.69, 9.17) is 16.3 Å². The zero-order valence-corrected chi connectivity index (χ0v) is 18.7. The van der Waals surface area contributed by atoms with Gasteiger partial charge in [-0.3, -0.25) is 9.59 Å². The van der Waals surface area contributed by atoms with Crippen LogP contribution in [0.2, 0.25) is 5.02 Å². The summed E-state index contributed by atoms with van der Waals surface area (Å²) in [6.45, 7) is 1.90. The van der Waals surface area contributed by atoms with E-state index in [1.807, 2.05) is 30.1 Å². The fourth-order valence-corrected chi connectivity index (χ4v) is 4.54. The van der Waals surface area contributed by atoms with Gasteiger partial charge >= 0.3 is 0 Å². The molecule has 2 aromatic rings. The fourth-order valence-electron chi connectivity index (χ4n) is 4.35. The van der Waals surface area contributed by atoms with Gasteiger partial charge < -0.3 is 14.5 Å². The maximum absolute atomic E-state index is 13.7. The number of piperidine rings is 1. The molecule has 7 heteroatoms. The number of likely N-dealkylation sites (N-methyl/N-ethyl adjacent to an activating group) is 1. The van der Waals surface area contributed by atoms with Gasteiger partial charge in [-0.1, -0.05) is 35.9 Å². The second kappa shape index (κ2) is 8.73. The van der Waals surface area contributed by atoms with Crippen molar-refractivity contribution in [1.82, 2.24) is 9.80 Å². The molecule has 1 fully saturated rings. The Morgan fingerprint density at radius 1 is 1.03 bits per heavy atom. The predicted molar refractivity (Wildman–Crippen MR) is 122 cm³/mol. The molecule has 2 aliphatic rings. The summed E-state index contributed by atoms with van der Waals surface area (Å²) in [5.74, 6) is -0.151. The molecule has 0 saturated carbocycles. The number of ether oxygens (including phenoxy) is 1. The molecular weight excluding hydrogens is 414 g/mol. The van der Waals surface area contributed by atoms with Crippen LogP contribution in [0.3, 0.4) is 0 Å². The first-order valence-electron chi connectivity index (χ1n) is 10.4. The van der Waals surface area contributed by atoms with Gasteiger partial charge in [0.15, 0.2) is 0 Å². The lowest BCUT2D eigenvalue weighted by atomic mass is 9.99. The highest BCUT2D eigenvalue weighted by Crippen LogP contribution is 2.39. The maximum Gasteiger partial charge on any atom is 0.282 e. The third kappa shape index (κ3) is 3.93. The molecule has 2 amide bonds. The number of amides is 2. The number of hydrogen-bond acceptors (Lipinski definition) is 5. The number of nitrogens with zero attached hydrogens (tertiary/aromatic N) is 3. The minimum Gasteiger partial charge on any atom is -0.496 e. The lowest BCUT2D eigenvalue weighted by Crippen LogP contribution is -2.43. The van der Waals surface area contributed by atoms with Gasteiger partial charge in [0.1, 0.15) is 11.4 Å². The second-order valence-electron chi connectivity index (χ2n) is 7.99. The predicted octanol–water partition coefficient (Wildman–Crippen LogP) is 3.66. The highest BCUT2D eigenvalue weighted by molar-refractivity contribution is 6.46. The van der Waals surface area contributed by atoms with E-state index in [9.17, 15) is 9.59 Å². The van der Waals surface area contributed by atoms with Crippen molar-refractivity contribution in [2.45, 2.75) is 18.9 Å². The Balaban J connectivity index is 1.83. The SMILES string of the molecule is COc1ccccc1C1=C(N(C)C2CCN(C)CC2)C(=O)N(c2cccc(Cl)c2)C1=O. The van der Waals surface area contributed by atoms with Crippen molar-refractivity contribution < 1.29 is 14.3 Å². The van der Waals surface area contributed by atoms with Gasteiger partial charge in [0, 0.05) is 23.7 Å². The van der Waals surface area contributed by atoms with Gasteiger partial charge in [-0.15, -0.1) is 0 Å². The Kier molecular flexibility index (Phi) is 6.03. The van der Waals surface area contributed by atoms with Crippen molar-refractivity contribution >= 4 is 34.7 Å². The van der Waals surface area contributed by atoms with Crippen LogP contribution >= 0.6 is 11.6 Å². The highest BCUT2D eigenvalue weighted by Gasteiger charge is 2.44. The van der Waals surface area contributed by atoms with Crippen LogP contribution in [0.1, 0.15) is 18.4 Å². The van der Waals surface area contributed by atoms with Crippen molar-refractivity contribution in [3.8, 4) is 5.75 Å². The lowest BCUT2D eigenvalue weighted by molar-refractivity contribution is -0.120. The number of anilines is 1. The average molecular weight is 440 g/mol. The van der Waals surface area contributed by atoms with Crippen molar-refractivity contribution in [3.05, 3.63) is 64.8 Å². The van der Waals surface area contributed by atoms with Crippen molar-refractivity contribution in [1.29, 1.82) is 0 Å². The summed E-state index contributed by atoms with van der Waals surface area (Å²) in [5.41, 5.74) is 1.84. The minimum atomic E-state index is -0.369. The number of carbonyl (C=O) groups is 2. The van der Waals surface area contributed by atoms with E-state index >= 15 is 0 Å². The number of benzene rings is 2. The number of halogens is 1. The molecule has 0 aliphatic carbocycles. The summed E-state index contributed by atoms with van der Waals surface area (Å²) in [6, 6.07) is 14.3. The van der Waals surface area contributed by atoms with E-state index in [0.717, 1.165) is 25.9 Å². The molecule has 2 aliphatic heterocycles. The van der Waals surface area contributed by atoms with Crippen LogP contribution in [0.5, 0.6) is 5.75 Å². The van der Waals surface area contributed by atoms with Crippen LogP contribution < -0.4 is 9.64 Å². The molecule has 6 nitrogen and oxygen atoms in total. The fraction of sp³-hybridized carbons (Fsp3) is 0.333. The molecule has 4 rings (SSSR count). The van der Waals surface area contributed by atoms with E-state index in [2.05, 4.69) is 11.9 Å². The largest absolute Gasteiger partial charge is 0.496 e. The first kappa shape index (κ1) is 21.4. The lowest BCUT2D eigenvalue weighted by Gasteiger charge is -2.36. The Morgan fingerprint density at radius 2 is 1.74 bits per heavy atom. The normalized spacial score (nSPS) is 18.1. The number of para-hydroxylation sites is 1. The number of likely N-dealkylation sites (tertiary alicyclic amines) is 1. The van der Waals surface area contributed by atoms with Crippen LogP contribution in [-0.2, 0) is 9.59 Å². The molecule has 1 saturated heterocycles. The van der Waals surface area contributed by atoms with Gasteiger partial charge in [0.25, 0.3) is 11.8 Å². The molecule has 0 spiro atoms. The highest BCUT2D eigenvalue weighted by atomic mass is 35.5. The molecule has 0 unspecified atom stereocenters. The molecule has 2 heterocycles. The summed E-state index contributed by atoms with van der Waals surface area (Å²) < 4.78 is 5.53. The summed E-state index contributed by atoms with van der Waals surface area (Å²) in [7, 11) is 5.57. The Bertz CT molecular complexity index is 1040. The van der Waals surface area contributed by atoms with Gasteiger partial charge in [-0.25, -0.2) is 4.90 Å². The average Bonchev–Trinajstić information content (AvgIpc) is 3.03. The van der Waals surface area contributed by atoms with Gasteiger partial charge in [0.05, 0.1) is 18.4 Å². The first-order valence-corrected chi connectivity index (χ1v) is 10.7. The van der Waals surface area contributed by atoms with Crippen LogP contribution in [0.15, 0.2) is 54.2 Å². The molecule has 2 aromatic carbocycles. The topological polar surface area (TPSA) is 53.1 Å². The molecular formula is C24H26ClN3O3. The van der Waals surface area contributed by atoms with Crippen LogP contribution in [0.4, 0.5) is 5.69 Å². The minimum absolute atomic E-state index is 0.173. The maximum atomic E-state index is 13.7. The molecule has 0 N–H and O–H groups in total. The van der Waals surface area contributed by atoms with E-state index < -0.39 is 0 Å². The number of hydrogen-bond donors (Lipinski definition) is 0. The number of rotatable bonds is 5. The number of carbonyl (C=O) groups excluding carboxylic acids is 2. The summed E-state index contributed by atoms with van der Waals surface area (Å²) >= 11 is 6.16. The van der Waals surface area contributed by atoms with E-state index in [0.29, 0.717) is 33.3 Å². The van der Waals surface area contributed by atoms with E-state index in [1.165, 1.54) is 4.90 Å². The number of imide groups is 1. The van der Waals surface area contributed by atoms with Gasteiger partial charge in [-0.2, -0.15) is 0 Å². The van der Waals surface area contributed by atoms with Gasteiger partial charge in [-0.05, 0) is 57.2 Å². The van der Waals surface area contributed by atoms with Crippen molar-refractivity contribution in [2.24, 2.45) is 0 Å². The van der Waals surface area contributed by atoms with Crippen LogP contribution in [-0.4, -0.2) is 62.0 Å². The Morgan fingerprint density at radius 3 is 2.42 bits per heavy atom. The standard InChI is InChI=1S/C24H26ClN3O3/c1-26-13-11-17(12-14-26)27(2)22-21(19-9-4-5-10-20(19)31-3)23(29)28(24(22)30)18-8-6-7-16(25)15-18/h4-10,15,17H,11-14H2,1-3H3.